The van der Waals surface area contributed by atoms with Gasteiger partial charge in [0.15, 0.2) is 0 Å². The van der Waals surface area contributed by atoms with Crippen LogP contribution in [0.4, 0.5) is 5.69 Å². The number of carbonyl (C=O) groups excluding carboxylic acids is 4. The van der Waals surface area contributed by atoms with Crippen LogP contribution in [0.3, 0.4) is 0 Å². The first kappa shape index (κ1) is 35.7. The van der Waals surface area contributed by atoms with E-state index in [1.54, 1.807) is 0 Å². The molecule has 0 aromatic heterocycles. The average molecular weight is 656 g/mol. The number of anilines is 1. The zero-order valence-corrected chi connectivity index (χ0v) is 25.0. The van der Waals surface area contributed by atoms with Crippen molar-refractivity contribution in [3.63, 3.8) is 0 Å². The van der Waals surface area contributed by atoms with Crippen molar-refractivity contribution in [2.75, 3.05) is 31.5 Å². The minimum Gasteiger partial charge on any atom is -0.480 e. The fourth-order valence-corrected chi connectivity index (χ4v) is 5.05. The van der Waals surface area contributed by atoms with E-state index < -0.39 is 90.7 Å². The number of carboxylic acid groups (broad SMARTS) is 4. The molecule has 47 heavy (non-hydrogen) atoms. The highest BCUT2D eigenvalue weighted by Gasteiger charge is 2.32. The van der Waals surface area contributed by atoms with Gasteiger partial charge in [0.2, 0.25) is 5.91 Å². The number of ether oxygens (including phenoxy) is 1. The lowest BCUT2D eigenvalue weighted by Gasteiger charge is -2.27. The number of carbonyl (C=O) groups is 8. The molecule has 5 N–H and O–H groups in total. The maximum Gasteiger partial charge on any atom is 0.323 e. The topological polar surface area (TPSA) is 245 Å². The number of rotatable bonds is 15. The smallest absolute Gasteiger partial charge is 0.323 e. The van der Waals surface area contributed by atoms with E-state index >= 15 is 0 Å². The van der Waals surface area contributed by atoms with E-state index in [4.69, 9.17) is 4.74 Å². The third-order valence-corrected chi connectivity index (χ3v) is 7.23. The molecule has 1 fully saturated rings. The van der Waals surface area contributed by atoms with E-state index in [2.05, 4.69) is 5.32 Å². The molecule has 0 aliphatic heterocycles. The number of hydrogen-bond donors (Lipinski definition) is 5. The largest absolute Gasteiger partial charge is 0.480 e. The normalized spacial score (nSPS) is 15.5. The van der Waals surface area contributed by atoms with E-state index in [-0.39, 0.29) is 18.3 Å². The number of nitrogens with one attached hydrogen (secondary N) is 1. The molecule has 1 aliphatic rings. The number of benzene rings is 2. The minimum absolute atomic E-state index is 0.114. The fourth-order valence-electron chi connectivity index (χ4n) is 5.05. The Balaban J connectivity index is 1.82. The standard InChI is InChI=1S/C31H33N3O13/c35-24(36)13-33(14-25(37)38)29(44)21-10-22(30(45)34(15-26(39)40)16-27(41)42)12-23(11-21)32-28(43)19-6-8-20(9-7-19)31(46)47-17-18-4-2-1-3-5-18/h1-5,10-12,19-20H,6-9,13-17H2,(H,32,43)(H,35,36)(H,37,38)(H,39,40)(H,41,42). The van der Waals surface area contributed by atoms with Crippen molar-refractivity contribution < 1.29 is 63.5 Å². The van der Waals surface area contributed by atoms with Gasteiger partial charge in [0, 0.05) is 22.7 Å². The highest BCUT2D eigenvalue weighted by Crippen LogP contribution is 2.31. The van der Waals surface area contributed by atoms with Crippen molar-refractivity contribution in [2.45, 2.75) is 32.3 Å². The van der Waals surface area contributed by atoms with Crippen LogP contribution in [0.15, 0.2) is 48.5 Å². The molecule has 0 bridgehead atoms. The number of nitrogens with zero attached hydrogens (tertiary/aromatic N) is 2. The highest BCUT2D eigenvalue weighted by atomic mass is 16.5. The Morgan fingerprint density at radius 1 is 0.638 bits per heavy atom. The summed E-state index contributed by atoms with van der Waals surface area (Å²) in [6.45, 7) is -3.97. The molecule has 1 aliphatic carbocycles. The second-order valence-corrected chi connectivity index (χ2v) is 10.8. The summed E-state index contributed by atoms with van der Waals surface area (Å²) in [5, 5.41) is 39.3. The van der Waals surface area contributed by atoms with Crippen LogP contribution in [0.2, 0.25) is 0 Å². The molecule has 3 amide bonds. The Bertz CT molecular complexity index is 1440. The number of amides is 3. The predicted molar refractivity (Wildman–Crippen MR) is 159 cm³/mol. The van der Waals surface area contributed by atoms with E-state index in [1.807, 2.05) is 30.3 Å². The van der Waals surface area contributed by atoms with Crippen molar-refractivity contribution in [2.24, 2.45) is 11.8 Å². The van der Waals surface area contributed by atoms with Gasteiger partial charge in [0.25, 0.3) is 11.8 Å². The van der Waals surface area contributed by atoms with Crippen LogP contribution in [0.25, 0.3) is 0 Å². The molecular formula is C31H33N3O13. The Hall–Kier alpha value is -5.80. The van der Waals surface area contributed by atoms with E-state index in [9.17, 15) is 58.8 Å². The third kappa shape index (κ3) is 10.9. The summed E-state index contributed by atoms with van der Waals surface area (Å²) in [5.41, 5.74) is -0.173. The summed E-state index contributed by atoms with van der Waals surface area (Å²) in [6.07, 6.45) is 1.31. The molecule has 2 aromatic rings. The van der Waals surface area contributed by atoms with Crippen LogP contribution in [-0.4, -0.2) is 104 Å². The third-order valence-electron chi connectivity index (χ3n) is 7.23. The van der Waals surface area contributed by atoms with Crippen LogP contribution >= 0.6 is 0 Å². The van der Waals surface area contributed by atoms with Crippen LogP contribution in [0.1, 0.15) is 52.0 Å². The Kier molecular flexibility index (Phi) is 12.5. The molecule has 0 heterocycles. The molecule has 0 unspecified atom stereocenters. The van der Waals surface area contributed by atoms with E-state index in [1.165, 1.54) is 0 Å². The van der Waals surface area contributed by atoms with E-state index in [0.717, 1.165) is 23.8 Å². The first-order chi connectivity index (χ1) is 22.2. The molecule has 3 rings (SSSR count). The summed E-state index contributed by atoms with van der Waals surface area (Å²) >= 11 is 0. The van der Waals surface area contributed by atoms with Gasteiger partial charge in [0.05, 0.1) is 5.92 Å². The predicted octanol–water partition coefficient (Wildman–Crippen LogP) is 1.40. The lowest BCUT2D eigenvalue weighted by molar-refractivity contribution is -0.152. The number of hydrogen-bond acceptors (Lipinski definition) is 9. The maximum atomic E-state index is 13.2. The number of esters is 1. The SMILES string of the molecule is O=C(O)CN(CC(=O)O)C(=O)c1cc(NC(=O)C2CCC(C(=O)OCc3ccccc3)CC2)cc(C(=O)N(CC(=O)O)CC(=O)O)c1. The molecule has 2 aromatic carbocycles. The van der Waals surface area contributed by atoms with E-state index in [0.29, 0.717) is 35.5 Å². The molecular weight excluding hydrogens is 622 g/mol. The Labute approximate surface area is 267 Å². The maximum absolute atomic E-state index is 13.2. The van der Waals surface area contributed by atoms with Gasteiger partial charge in [-0.15, -0.1) is 0 Å². The monoisotopic (exact) mass is 655 g/mol. The van der Waals surface area contributed by atoms with Gasteiger partial charge >= 0.3 is 29.8 Å². The van der Waals surface area contributed by atoms with Gasteiger partial charge in [-0.2, -0.15) is 0 Å². The van der Waals surface area contributed by atoms with Crippen LogP contribution in [-0.2, 0) is 40.1 Å². The Morgan fingerprint density at radius 3 is 1.49 bits per heavy atom. The second-order valence-electron chi connectivity index (χ2n) is 10.8. The lowest BCUT2D eigenvalue weighted by Crippen LogP contribution is -2.40. The van der Waals surface area contributed by atoms with Crippen LogP contribution < -0.4 is 5.32 Å². The van der Waals surface area contributed by atoms with Crippen LogP contribution in [0, 0.1) is 11.8 Å². The van der Waals surface area contributed by atoms with Crippen LogP contribution in [0.5, 0.6) is 0 Å². The molecule has 0 spiro atoms. The van der Waals surface area contributed by atoms with Crippen molar-refractivity contribution in [1.29, 1.82) is 0 Å². The molecule has 1 saturated carbocycles. The molecule has 16 heteroatoms. The van der Waals surface area contributed by atoms with Crippen molar-refractivity contribution in [1.82, 2.24) is 9.80 Å². The lowest BCUT2D eigenvalue weighted by atomic mass is 9.81. The summed E-state index contributed by atoms with van der Waals surface area (Å²) in [5.74, 6) is -10.3. The van der Waals surface area contributed by atoms with Crippen molar-refractivity contribution >= 4 is 53.3 Å². The highest BCUT2D eigenvalue weighted by molar-refractivity contribution is 6.05. The summed E-state index contributed by atoms with van der Waals surface area (Å²) in [4.78, 5) is 98.4. The van der Waals surface area contributed by atoms with Gasteiger partial charge in [-0.05, 0) is 49.4 Å². The Morgan fingerprint density at radius 2 is 1.06 bits per heavy atom. The summed E-state index contributed by atoms with van der Waals surface area (Å²) < 4.78 is 5.41. The average Bonchev–Trinajstić information content (AvgIpc) is 3.01. The molecule has 0 saturated heterocycles. The number of aliphatic carboxylic acids is 4. The minimum atomic E-state index is -1.53. The quantitative estimate of drug-likeness (QED) is 0.171. The molecule has 250 valence electrons. The van der Waals surface area contributed by atoms with Gasteiger partial charge in [0.1, 0.15) is 32.8 Å². The summed E-state index contributed by atoms with van der Waals surface area (Å²) in [6, 6.07) is 12.2. The van der Waals surface area contributed by atoms with Gasteiger partial charge < -0.3 is 40.3 Å². The number of carboxylic acids is 4. The molecule has 16 nitrogen and oxygen atoms in total. The zero-order chi connectivity index (χ0) is 34.7. The van der Waals surface area contributed by atoms with Crippen molar-refractivity contribution in [3.8, 4) is 0 Å². The first-order valence-corrected chi connectivity index (χ1v) is 14.4. The second kappa shape index (κ2) is 16.5. The van der Waals surface area contributed by atoms with Gasteiger partial charge in [-0.3, -0.25) is 38.4 Å². The fraction of sp³-hybridized carbons (Fsp3) is 0.355. The molecule has 0 radical (unpaired) electrons. The van der Waals surface area contributed by atoms with Gasteiger partial charge in [-0.1, -0.05) is 30.3 Å². The zero-order valence-electron chi connectivity index (χ0n) is 25.0. The van der Waals surface area contributed by atoms with Gasteiger partial charge in [-0.25, -0.2) is 0 Å². The summed E-state index contributed by atoms with van der Waals surface area (Å²) in [7, 11) is 0. The van der Waals surface area contributed by atoms with Crippen molar-refractivity contribution in [3.05, 3.63) is 65.2 Å². The molecule has 0 atom stereocenters. The first-order valence-electron chi connectivity index (χ1n) is 14.4.